The molecule has 4 rings (SSSR count). The van der Waals surface area contributed by atoms with Crippen LogP contribution in [-0.4, -0.2) is 181 Å². The molecule has 340 valence electrons. The first-order valence-corrected chi connectivity index (χ1v) is 21.3. The van der Waals surface area contributed by atoms with Crippen LogP contribution in [0, 0.1) is 11.8 Å². The number of aldehydes is 1. The highest BCUT2D eigenvalue weighted by atomic mass is 16.7. The molecular formula is C43H74N2O14. The standard InChI is InChI=1S/C43H74N2O14/c1-24-21-29(19-20-46)39(59-42-37(49)36(45(9)10)38(27(4)56-42)58-35-23-43(6,51)41(50)28(5)55-35)40(52-11)31(47)22-33(48)53-25(2)15-13-12-14-16-32(24)57-34-18-17-30(44(7)8)26(3)54-34/h12-14,16,20,24-32,34-42,47,49-51H,15,17-19,21-23H2,1-11H3/b13-12+,16-14+/t24-,25-,26-,27-,28+,29+,30+,31-,32+,34-,35+,36-,37-,38-,39+,40+,41+,42+,43-/m1/s1. The van der Waals surface area contributed by atoms with Gasteiger partial charge >= 0.3 is 5.97 Å². The van der Waals surface area contributed by atoms with Crippen LogP contribution in [0.5, 0.6) is 0 Å². The number of allylic oxidation sites excluding steroid dienone is 2. The molecule has 0 aliphatic carbocycles. The highest BCUT2D eigenvalue weighted by Gasteiger charge is 2.52. The summed E-state index contributed by atoms with van der Waals surface area (Å²) in [5.41, 5.74) is -1.47. The van der Waals surface area contributed by atoms with E-state index >= 15 is 0 Å². The SMILES string of the molecule is CO[C@@H]1[C@@H](O[C@@H]2O[C@H](C)[C@@H](O[C@H]3C[C@@](C)(O)[C@@H](O)[C@H](C)O3)[C@H](N(C)C)[C@H]2O)[C@@H](CC=O)C[C@@H](C)[C@@H](O[C@@H]2CC[C@H](N(C)C)[C@@H](C)O2)/C=C/C=C/C[C@@H](C)OC(=O)C[C@H]1O. The number of aliphatic hydroxyl groups is 4. The van der Waals surface area contributed by atoms with Gasteiger partial charge in [-0.2, -0.15) is 0 Å². The molecule has 16 heteroatoms. The first-order chi connectivity index (χ1) is 27.8. The lowest BCUT2D eigenvalue weighted by atomic mass is 9.82. The molecule has 19 atom stereocenters. The lowest BCUT2D eigenvalue weighted by Gasteiger charge is -2.50. The van der Waals surface area contributed by atoms with Crippen molar-refractivity contribution in [2.75, 3.05) is 35.3 Å². The maximum Gasteiger partial charge on any atom is 0.308 e. The van der Waals surface area contributed by atoms with E-state index in [4.69, 9.17) is 37.9 Å². The number of likely N-dealkylation sites (N-methyl/N-ethyl adjacent to an activating group) is 2. The van der Waals surface area contributed by atoms with E-state index in [1.165, 1.54) is 14.0 Å². The van der Waals surface area contributed by atoms with Crippen LogP contribution in [0.1, 0.15) is 86.5 Å². The molecule has 3 saturated heterocycles. The summed E-state index contributed by atoms with van der Waals surface area (Å²) < 4.78 is 50.0. The maximum absolute atomic E-state index is 13.1. The molecule has 0 spiro atoms. The minimum absolute atomic E-state index is 0.00885. The Kier molecular flexibility index (Phi) is 18.9. The molecular weight excluding hydrogens is 768 g/mol. The van der Waals surface area contributed by atoms with Crippen molar-refractivity contribution < 1.29 is 67.9 Å². The molecule has 4 aliphatic heterocycles. The van der Waals surface area contributed by atoms with Crippen molar-refractivity contribution in [3.63, 3.8) is 0 Å². The van der Waals surface area contributed by atoms with E-state index in [0.717, 1.165) is 12.7 Å². The Morgan fingerprint density at radius 2 is 1.56 bits per heavy atom. The van der Waals surface area contributed by atoms with Crippen molar-refractivity contribution in [3.8, 4) is 0 Å². The number of methoxy groups -OCH3 is 1. The van der Waals surface area contributed by atoms with Crippen molar-refractivity contribution in [2.45, 2.75) is 190 Å². The Morgan fingerprint density at radius 3 is 2.17 bits per heavy atom. The number of hydrogen-bond donors (Lipinski definition) is 4. The average molecular weight is 843 g/mol. The summed E-state index contributed by atoms with van der Waals surface area (Å²) in [6.07, 6.45) is -1.56. The molecule has 0 aromatic carbocycles. The summed E-state index contributed by atoms with van der Waals surface area (Å²) in [7, 11) is 9.03. The summed E-state index contributed by atoms with van der Waals surface area (Å²) in [6, 6.07) is -0.466. The van der Waals surface area contributed by atoms with Gasteiger partial charge in [0.2, 0.25) is 0 Å². The number of carbonyl (C=O) groups is 2. The van der Waals surface area contributed by atoms with E-state index in [0.29, 0.717) is 19.3 Å². The fourth-order valence-electron chi connectivity index (χ4n) is 9.10. The Morgan fingerprint density at radius 1 is 0.864 bits per heavy atom. The Bertz CT molecular complexity index is 1370. The molecule has 16 nitrogen and oxygen atoms in total. The molecule has 4 aliphatic rings. The zero-order chi connectivity index (χ0) is 43.8. The molecule has 4 heterocycles. The normalized spacial score (nSPS) is 45.8. The number of hydrogen-bond acceptors (Lipinski definition) is 16. The Labute approximate surface area is 351 Å². The fraction of sp³-hybridized carbons (Fsp3) is 0.860. The molecule has 0 bridgehead atoms. The molecule has 0 amide bonds. The zero-order valence-corrected chi connectivity index (χ0v) is 37.0. The molecule has 0 saturated carbocycles. The molecule has 0 radical (unpaired) electrons. The zero-order valence-electron chi connectivity index (χ0n) is 37.0. The van der Waals surface area contributed by atoms with Gasteiger partial charge < -0.3 is 72.9 Å². The van der Waals surface area contributed by atoms with Gasteiger partial charge in [0.1, 0.15) is 36.8 Å². The predicted molar refractivity (Wildman–Crippen MR) is 217 cm³/mol. The third-order valence-electron chi connectivity index (χ3n) is 12.4. The Hall–Kier alpha value is -1.90. The predicted octanol–water partition coefficient (Wildman–Crippen LogP) is 2.33. The first-order valence-electron chi connectivity index (χ1n) is 21.3. The van der Waals surface area contributed by atoms with E-state index < -0.39 is 110 Å². The number of cyclic esters (lactones) is 1. The summed E-state index contributed by atoms with van der Waals surface area (Å²) in [5, 5.41) is 45.1. The summed E-state index contributed by atoms with van der Waals surface area (Å²) in [6.45, 7) is 10.8. The van der Waals surface area contributed by atoms with Crippen molar-refractivity contribution in [1.82, 2.24) is 9.80 Å². The van der Waals surface area contributed by atoms with Gasteiger partial charge in [-0.15, -0.1) is 0 Å². The first kappa shape index (κ1) is 49.8. The van der Waals surface area contributed by atoms with E-state index in [1.54, 1.807) is 39.8 Å². The third-order valence-corrected chi connectivity index (χ3v) is 12.4. The summed E-state index contributed by atoms with van der Waals surface area (Å²) in [4.78, 5) is 29.5. The van der Waals surface area contributed by atoms with Crippen molar-refractivity contribution in [3.05, 3.63) is 24.3 Å². The number of aliphatic hydroxyl groups excluding tert-OH is 3. The van der Waals surface area contributed by atoms with Gasteiger partial charge in [-0.1, -0.05) is 31.2 Å². The molecule has 0 aromatic heterocycles. The van der Waals surface area contributed by atoms with Gasteiger partial charge in [-0.25, -0.2) is 0 Å². The summed E-state index contributed by atoms with van der Waals surface area (Å²) in [5.74, 6) is -1.47. The van der Waals surface area contributed by atoms with E-state index in [1.807, 2.05) is 52.2 Å². The number of nitrogens with zero attached hydrogens (tertiary/aromatic N) is 2. The monoisotopic (exact) mass is 843 g/mol. The topological polar surface area (TPSA) is 195 Å². The van der Waals surface area contributed by atoms with Gasteiger partial charge in [0.05, 0.1) is 54.7 Å². The molecule has 4 N–H and O–H groups in total. The van der Waals surface area contributed by atoms with E-state index in [-0.39, 0.29) is 30.9 Å². The second-order valence-corrected chi connectivity index (χ2v) is 17.8. The van der Waals surface area contributed by atoms with Crippen molar-refractivity contribution >= 4 is 12.3 Å². The highest BCUT2D eigenvalue weighted by Crippen LogP contribution is 2.37. The van der Waals surface area contributed by atoms with Crippen LogP contribution in [-0.2, 0) is 47.5 Å². The molecule has 59 heavy (non-hydrogen) atoms. The molecule has 0 unspecified atom stereocenters. The third kappa shape index (κ3) is 13.3. The minimum atomic E-state index is -1.47. The minimum Gasteiger partial charge on any atom is -0.462 e. The van der Waals surface area contributed by atoms with Crippen LogP contribution in [0.2, 0.25) is 0 Å². The number of esters is 1. The average Bonchev–Trinajstić information content (AvgIpc) is 3.13. The highest BCUT2D eigenvalue weighted by molar-refractivity contribution is 5.70. The van der Waals surface area contributed by atoms with Crippen LogP contribution in [0.3, 0.4) is 0 Å². The van der Waals surface area contributed by atoms with Crippen LogP contribution in [0.4, 0.5) is 0 Å². The quantitative estimate of drug-likeness (QED) is 0.175. The van der Waals surface area contributed by atoms with Gasteiger partial charge in [-0.3, -0.25) is 4.79 Å². The lowest BCUT2D eigenvalue weighted by Crippen LogP contribution is -2.65. The molecule has 3 fully saturated rings. The smallest absolute Gasteiger partial charge is 0.308 e. The van der Waals surface area contributed by atoms with Crippen molar-refractivity contribution in [2.24, 2.45) is 11.8 Å². The maximum atomic E-state index is 13.1. The van der Waals surface area contributed by atoms with Crippen molar-refractivity contribution in [1.29, 1.82) is 0 Å². The Balaban J connectivity index is 1.66. The van der Waals surface area contributed by atoms with E-state index in [2.05, 4.69) is 4.90 Å². The van der Waals surface area contributed by atoms with E-state index in [9.17, 15) is 30.0 Å². The van der Waals surface area contributed by atoms with Gasteiger partial charge in [-0.05, 0) is 93.9 Å². The lowest BCUT2D eigenvalue weighted by molar-refractivity contribution is -0.344. The number of carbonyl (C=O) groups excluding carboxylic acids is 2. The largest absolute Gasteiger partial charge is 0.462 e. The second kappa shape index (κ2) is 22.5. The van der Waals surface area contributed by atoms with Gasteiger partial charge in [0.15, 0.2) is 18.9 Å². The van der Waals surface area contributed by atoms with Crippen LogP contribution >= 0.6 is 0 Å². The molecule has 0 aromatic rings. The van der Waals surface area contributed by atoms with Gasteiger partial charge in [0.25, 0.3) is 0 Å². The fourth-order valence-corrected chi connectivity index (χ4v) is 9.10. The van der Waals surface area contributed by atoms with Crippen LogP contribution < -0.4 is 0 Å². The van der Waals surface area contributed by atoms with Crippen LogP contribution in [0.25, 0.3) is 0 Å². The summed E-state index contributed by atoms with van der Waals surface area (Å²) >= 11 is 0. The second-order valence-electron chi connectivity index (χ2n) is 17.8. The van der Waals surface area contributed by atoms with Gasteiger partial charge in [0, 0.05) is 32.4 Å². The number of rotatable bonds is 11. The number of ether oxygens (including phenoxy) is 8. The van der Waals surface area contributed by atoms with Crippen LogP contribution in [0.15, 0.2) is 24.3 Å².